The van der Waals surface area contributed by atoms with E-state index < -0.39 is 0 Å². The van der Waals surface area contributed by atoms with Gasteiger partial charge in [-0.05, 0) is 23.8 Å². The highest BCUT2D eigenvalue weighted by Crippen LogP contribution is 2.36. The van der Waals surface area contributed by atoms with Crippen molar-refractivity contribution in [1.29, 1.82) is 0 Å². The van der Waals surface area contributed by atoms with Gasteiger partial charge in [0, 0.05) is 24.4 Å². The number of nitrogens with zero attached hydrogens (tertiary/aromatic N) is 2. The Kier molecular flexibility index (Phi) is 1.94. The zero-order valence-electron chi connectivity index (χ0n) is 9.84. The molecule has 0 atom stereocenters. The van der Waals surface area contributed by atoms with E-state index in [-0.39, 0.29) is 0 Å². The topological polar surface area (TPSA) is 26.5 Å². The molecule has 3 heterocycles. The summed E-state index contributed by atoms with van der Waals surface area (Å²) < 4.78 is 7.76. The summed E-state index contributed by atoms with van der Waals surface area (Å²) in [5.41, 5.74) is 4.31. The van der Waals surface area contributed by atoms with Crippen LogP contribution in [0.3, 0.4) is 0 Å². The predicted molar refractivity (Wildman–Crippen MR) is 69.8 cm³/mol. The van der Waals surface area contributed by atoms with Gasteiger partial charge in [0.25, 0.3) is 0 Å². The highest BCUT2D eigenvalue weighted by atomic mass is 16.5. The normalized spacial score (nSPS) is 13.6. The molecule has 1 aromatic carbocycles. The fraction of sp³-hybridized carbons (Fsp3) is 0.133. The molecule has 1 aliphatic heterocycles. The van der Waals surface area contributed by atoms with Crippen molar-refractivity contribution in [2.45, 2.75) is 6.42 Å². The number of para-hydroxylation sites is 1. The number of ether oxygens (including phenoxy) is 1. The third-order valence-electron chi connectivity index (χ3n) is 3.35. The molecule has 3 heteroatoms. The van der Waals surface area contributed by atoms with Crippen LogP contribution < -0.4 is 4.74 Å². The average molecular weight is 236 g/mol. The van der Waals surface area contributed by atoms with Crippen LogP contribution in [0.25, 0.3) is 16.9 Å². The first-order valence-corrected chi connectivity index (χ1v) is 6.10. The van der Waals surface area contributed by atoms with Crippen molar-refractivity contribution in [1.82, 2.24) is 9.38 Å². The van der Waals surface area contributed by atoms with Crippen molar-refractivity contribution < 1.29 is 4.74 Å². The molecule has 0 saturated heterocycles. The maximum Gasteiger partial charge on any atom is 0.137 e. The van der Waals surface area contributed by atoms with Crippen molar-refractivity contribution in [3.63, 3.8) is 0 Å². The van der Waals surface area contributed by atoms with Crippen LogP contribution in [-0.4, -0.2) is 16.0 Å². The maximum absolute atomic E-state index is 5.73. The number of rotatable bonds is 1. The Balaban J connectivity index is 1.95. The van der Waals surface area contributed by atoms with E-state index >= 15 is 0 Å². The molecule has 0 radical (unpaired) electrons. The SMILES string of the molecule is c1cc2c(c(-c3cn4ccccc4n3)c1)OCC2. The van der Waals surface area contributed by atoms with Crippen molar-refractivity contribution >= 4 is 5.65 Å². The minimum Gasteiger partial charge on any atom is -0.492 e. The summed E-state index contributed by atoms with van der Waals surface area (Å²) in [5.74, 6) is 1.00. The fourth-order valence-electron chi connectivity index (χ4n) is 2.48. The van der Waals surface area contributed by atoms with Gasteiger partial charge in [-0.25, -0.2) is 4.98 Å². The molecular formula is C15H12N2O. The smallest absolute Gasteiger partial charge is 0.137 e. The van der Waals surface area contributed by atoms with E-state index in [1.54, 1.807) is 0 Å². The Hall–Kier alpha value is -2.29. The van der Waals surface area contributed by atoms with Crippen LogP contribution in [0.4, 0.5) is 0 Å². The van der Waals surface area contributed by atoms with Gasteiger partial charge in [0.1, 0.15) is 11.4 Å². The zero-order valence-corrected chi connectivity index (χ0v) is 9.84. The number of imidazole rings is 1. The van der Waals surface area contributed by atoms with Gasteiger partial charge in [-0.3, -0.25) is 0 Å². The van der Waals surface area contributed by atoms with Crippen molar-refractivity contribution in [2.24, 2.45) is 0 Å². The van der Waals surface area contributed by atoms with E-state index in [0.29, 0.717) is 0 Å². The van der Waals surface area contributed by atoms with Crippen molar-refractivity contribution in [2.75, 3.05) is 6.61 Å². The summed E-state index contributed by atoms with van der Waals surface area (Å²) in [6.07, 6.45) is 5.05. The lowest BCUT2D eigenvalue weighted by Gasteiger charge is -2.04. The van der Waals surface area contributed by atoms with E-state index in [9.17, 15) is 0 Å². The number of hydrogen-bond donors (Lipinski definition) is 0. The Morgan fingerprint density at radius 3 is 3.06 bits per heavy atom. The fourth-order valence-corrected chi connectivity index (χ4v) is 2.48. The van der Waals surface area contributed by atoms with Gasteiger partial charge in [-0.2, -0.15) is 0 Å². The highest BCUT2D eigenvalue weighted by Gasteiger charge is 2.18. The van der Waals surface area contributed by atoms with Crippen LogP contribution in [0.1, 0.15) is 5.56 Å². The summed E-state index contributed by atoms with van der Waals surface area (Å²) in [6.45, 7) is 0.777. The first-order valence-electron chi connectivity index (χ1n) is 6.10. The molecule has 3 nitrogen and oxygen atoms in total. The summed E-state index contributed by atoms with van der Waals surface area (Å²) in [7, 11) is 0. The quantitative estimate of drug-likeness (QED) is 0.649. The molecule has 2 aromatic heterocycles. The average Bonchev–Trinajstić information content (AvgIpc) is 3.04. The second-order valence-electron chi connectivity index (χ2n) is 4.48. The molecular weight excluding hydrogens is 224 g/mol. The van der Waals surface area contributed by atoms with E-state index in [1.807, 2.05) is 35.0 Å². The van der Waals surface area contributed by atoms with Gasteiger partial charge in [-0.1, -0.05) is 18.2 Å². The van der Waals surface area contributed by atoms with Gasteiger partial charge >= 0.3 is 0 Å². The second-order valence-corrected chi connectivity index (χ2v) is 4.48. The van der Waals surface area contributed by atoms with Crippen LogP contribution in [0, 0.1) is 0 Å². The lowest BCUT2D eigenvalue weighted by molar-refractivity contribution is 0.358. The van der Waals surface area contributed by atoms with Gasteiger partial charge in [-0.15, -0.1) is 0 Å². The molecule has 0 spiro atoms. The van der Waals surface area contributed by atoms with E-state index in [0.717, 1.165) is 35.7 Å². The van der Waals surface area contributed by atoms with Crippen LogP contribution >= 0.6 is 0 Å². The molecule has 1 aliphatic rings. The first kappa shape index (κ1) is 9.71. The maximum atomic E-state index is 5.73. The Labute approximate surface area is 105 Å². The monoisotopic (exact) mass is 236 g/mol. The third-order valence-corrected chi connectivity index (χ3v) is 3.35. The summed E-state index contributed by atoms with van der Waals surface area (Å²) in [4.78, 5) is 4.64. The summed E-state index contributed by atoms with van der Waals surface area (Å²) in [6, 6.07) is 12.3. The number of pyridine rings is 1. The predicted octanol–water partition coefficient (Wildman–Crippen LogP) is 2.94. The lowest BCUT2D eigenvalue weighted by Crippen LogP contribution is -1.88. The minimum atomic E-state index is 0.777. The number of hydrogen-bond acceptors (Lipinski definition) is 2. The molecule has 0 bridgehead atoms. The van der Waals surface area contributed by atoms with Gasteiger partial charge in [0.15, 0.2) is 0 Å². The Bertz CT molecular complexity index is 697. The molecule has 3 aromatic rings. The number of fused-ring (bicyclic) bond motifs is 2. The lowest BCUT2D eigenvalue weighted by atomic mass is 10.1. The third kappa shape index (κ3) is 1.34. The molecule has 0 unspecified atom stereocenters. The second kappa shape index (κ2) is 3.60. The van der Waals surface area contributed by atoms with E-state index in [4.69, 9.17) is 4.74 Å². The number of aromatic nitrogens is 2. The van der Waals surface area contributed by atoms with E-state index in [2.05, 4.69) is 23.2 Å². The molecule has 0 saturated carbocycles. The largest absolute Gasteiger partial charge is 0.492 e. The van der Waals surface area contributed by atoms with Crippen LogP contribution in [0.5, 0.6) is 5.75 Å². The van der Waals surface area contributed by atoms with Crippen molar-refractivity contribution in [3.05, 3.63) is 54.4 Å². The van der Waals surface area contributed by atoms with Crippen LogP contribution in [0.2, 0.25) is 0 Å². The van der Waals surface area contributed by atoms with Gasteiger partial charge in [0.2, 0.25) is 0 Å². The molecule has 18 heavy (non-hydrogen) atoms. The molecule has 0 N–H and O–H groups in total. The highest BCUT2D eigenvalue weighted by molar-refractivity contribution is 5.71. The number of benzene rings is 1. The van der Waals surface area contributed by atoms with Crippen molar-refractivity contribution in [3.8, 4) is 17.0 Å². The van der Waals surface area contributed by atoms with Crippen LogP contribution in [-0.2, 0) is 6.42 Å². The Morgan fingerprint density at radius 1 is 1.11 bits per heavy atom. The summed E-state index contributed by atoms with van der Waals surface area (Å²) >= 11 is 0. The standard InChI is InChI=1S/C15H12N2O/c1-2-8-17-10-13(16-14(17)6-1)12-5-3-4-11-7-9-18-15(11)12/h1-6,8,10H,7,9H2. The molecule has 0 amide bonds. The first-order chi connectivity index (χ1) is 8.92. The molecule has 4 rings (SSSR count). The van der Waals surface area contributed by atoms with E-state index in [1.165, 1.54) is 5.56 Å². The Morgan fingerprint density at radius 2 is 2.11 bits per heavy atom. The summed E-state index contributed by atoms with van der Waals surface area (Å²) in [5, 5.41) is 0. The molecule has 88 valence electrons. The molecule has 0 aliphatic carbocycles. The molecule has 0 fully saturated rings. The minimum absolute atomic E-state index is 0.777. The van der Waals surface area contributed by atoms with Gasteiger partial charge < -0.3 is 9.14 Å². The van der Waals surface area contributed by atoms with Crippen LogP contribution in [0.15, 0.2) is 48.8 Å². The zero-order chi connectivity index (χ0) is 11.9. The van der Waals surface area contributed by atoms with Gasteiger partial charge in [0.05, 0.1) is 12.3 Å².